The molecule has 3 fully saturated rings. The Morgan fingerprint density at radius 1 is 1.27 bits per heavy atom. The van der Waals surface area contributed by atoms with Crippen LogP contribution < -0.4 is 10.7 Å². The molecule has 1 unspecified atom stereocenters. The molecule has 2 saturated carbocycles. The predicted octanol–water partition coefficient (Wildman–Crippen LogP) is 3.37. The molecule has 2 bridgehead atoms. The van der Waals surface area contributed by atoms with E-state index in [1.54, 1.807) is 0 Å². The summed E-state index contributed by atoms with van der Waals surface area (Å²) in [5.74, 6) is 7.46. The SMILES string of the molecule is CC1(C)[C@@H]2CC[C@@]1(C[S+](O)N1CCN(c3ccc(C(F)(F)F)cn3)CC1)/C(=N/N)C2. The summed E-state index contributed by atoms with van der Waals surface area (Å²) in [4.78, 5) is 5.95. The molecule has 2 heterocycles. The highest BCUT2D eigenvalue weighted by molar-refractivity contribution is 7.89. The van der Waals surface area contributed by atoms with E-state index in [1.807, 2.05) is 4.90 Å². The van der Waals surface area contributed by atoms with Crippen molar-refractivity contribution in [2.75, 3.05) is 36.8 Å². The average Bonchev–Trinajstić information content (AvgIpc) is 3.08. The van der Waals surface area contributed by atoms with Crippen LogP contribution in [0.25, 0.3) is 0 Å². The second-order valence-corrected chi connectivity index (χ2v) is 10.6. The maximum absolute atomic E-state index is 12.7. The van der Waals surface area contributed by atoms with E-state index in [-0.39, 0.29) is 10.8 Å². The maximum atomic E-state index is 12.7. The molecule has 10 heteroatoms. The van der Waals surface area contributed by atoms with Crippen molar-refractivity contribution in [2.24, 2.45) is 27.7 Å². The Labute approximate surface area is 178 Å². The zero-order valence-electron chi connectivity index (χ0n) is 17.3. The van der Waals surface area contributed by atoms with Crippen molar-refractivity contribution in [2.45, 2.75) is 39.3 Å². The van der Waals surface area contributed by atoms with Crippen LogP contribution in [-0.4, -0.2) is 51.5 Å². The van der Waals surface area contributed by atoms with Gasteiger partial charge in [-0.3, -0.25) is 0 Å². The van der Waals surface area contributed by atoms with Gasteiger partial charge in [-0.15, -0.1) is 0 Å². The number of rotatable bonds is 4. The van der Waals surface area contributed by atoms with Gasteiger partial charge in [-0.2, -0.15) is 22.8 Å². The first-order chi connectivity index (χ1) is 14.1. The van der Waals surface area contributed by atoms with Crippen molar-refractivity contribution in [1.29, 1.82) is 0 Å². The molecule has 30 heavy (non-hydrogen) atoms. The number of hydrazone groups is 1. The molecule has 0 aromatic carbocycles. The average molecular weight is 445 g/mol. The zero-order valence-corrected chi connectivity index (χ0v) is 18.1. The van der Waals surface area contributed by atoms with Gasteiger partial charge in [0.05, 0.1) is 24.1 Å². The summed E-state index contributed by atoms with van der Waals surface area (Å²) >= 11 is -0.913. The van der Waals surface area contributed by atoms with Crippen LogP contribution in [0.1, 0.15) is 38.7 Å². The Bertz CT molecular complexity index is 808. The summed E-state index contributed by atoms with van der Waals surface area (Å²) in [5, 5.41) is 4.11. The second-order valence-electron chi connectivity index (χ2n) is 9.12. The molecule has 0 amide bonds. The Kier molecular flexibility index (Phi) is 5.47. The molecule has 3 atom stereocenters. The van der Waals surface area contributed by atoms with Crippen LogP contribution in [0.4, 0.5) is 19.0 Å². The topological polar surface area (TPSA) is 78.0 Å². The van der Waals surface area contributed by atoms with E-state index in [4.69, 9.17) is 5.84 Å². The van der Waals surface area contributed by atoms with Crippen molar-refractivity contribution in [3.63, 3.8) is 0 Å². The molecule has 1 aromatic rings. The summed E-state index contributed by atoms with van der Waals surface area (Å²) in [5.41, 5.74) is 0.233. The largest absolute Gasteiger partial charge is 0.417 e. The molecule has 3 aliphatic rings. The van der Waals surface area contributed by atoms with Gasteiger partial charge in [-0.25, -0.2) is 4.98 Å². The first kappa shape index (κ1) is 21.7. The van der Waals surface area contributed by atoms with E-state index >= 15 is 0 Å². The highest BCUT2D eigenvalue weighted by atomic mass is 32.2. The Morgan fingerprint density at radius 3 is 2.50 bits per heavy atom. The maximum Gasteiger partial charge on any atom is 0.417 e. The third kappa shape index (κ3) is 3.46. The molecule has 4 rings (SSSR count). The van der Waals surface area contributed by atoms with Gasteiger partial charge in [0.25, 0.3) is 0 Å². The lowest BCUT2D eigenvalue weighted by molar-refractivity contribution is -0.137. The number of hydrogen-bond acceptors (Lipinski definition) is 6. The third-order valence-corrected chi connectivity index (χ3v) is 9.35. The summed E-state index contributed by atoms with van der Waals surface area (Å²) in [6.45, 7) is 7.04. The fourth-order valence-electron chi connectivity index (χ4n) is 5.49. The summed E-state index contributed by atoms with van der Waals surface area (Å²) in [6.07, 6.45) is -0.414. The standard InChI is InChI=1S/C20H29F3N5OS/c1-18(2)14-5-6-19(18,16(11-14)26-24)13-30(29)28-9-7-27(8-10-28)17-4-3-15(12-25-17)20(21,22)23/h3-4,12,14,29H,5-11,13,24H2,1-2H3/q+1/b26-16+/t14-,19-,30?/m1/s1. The van der Waals surface area contributed by atoms with Gasteiger partial charge in [-0.1, -0.05) is 18.2 Å². The fraction of sp³-hybridized carbons (Fsp3) is 0.700. The second kappa shape index (κ2) is 7.56. The van der Waals surface area contributed by atoms with Crippen LogP contribution >= 0.6 is 0 Å². The number of pyridine rings is 1. The van der Waals surface area contributed by atoms with E-state index in [1.165, 1.54) is 6.07 Å². The fourth-order valence-corrected chi connectivity index (χ4v) is 7.39. The monoisotopic (exact) mass is 444 g/mol. The molecule has 1 aliphatic heterocycles. The number of anilines is 1. The molecule has 6 nitrogen and oxygen atoms in total. The van der Waals surface area contributed by atoms with Crippen LogP contribution in [-0.2, 0) is 17.5 Å². The number of halogens is 3. The van der Waals surface area contributed by atoms with Crippen LogP contribution in [0, 0.1) is 16.7 Å². The van der Waals surface area contributed by atoms with E-state index in [0.717, 1.165) is 37.2 Å². The molecule has 2 aliphatic carbocycles. The number of nitrogens with zero attached hydrogens (tertiary/aromatic N) is 4. The summed E-state index contributed by atoms with van der Waals surface area (Å²) < 4.78 is 51.4. The number of hydrogen-bond donors (Lipinski definition) is 2. The minimum absolute atomic E-state index is 0.0746. The molecule has 3 N–H and O–H groups in total. The molecular weight excluding hydrogens is 415 g/mol. The van der Waals surface area contributed by atoms with Crippen LogP contribution in [0.5, 0.6) is 0 Å². The van der Waals surface area contributed by atoms with Gasteiger partial charge >= 0.3 is 6.18 Å². The normalized spacial score (nSPS) is 31.5. The summed E-state index contributed by atoms with van der Waals surface area (Å²) in [7, 11) is 0. The number of fused-ring (bicyclic) bond motifs is 2. The first-order valence-electron chi connectivity index (χ1n) is 10.3. The zero-order chi connectivity index (χ0) is 21.7. The molecule has 0 spiro atoms. The number of nitrogens with two attached hydrogens (primary N) is 1. The highest BCUT2D eigenvalue weighted by Crippen LogP contribution is 2.64. The van der Waals surface area contributed by atoms with E-state index < -0.39 is 23.1 Å². The lowest BCUT2D eigenvalue weighted by atomic mass is 9.70. The van der Waals surface area contributed by atoms with Gasteiger partial charge in [0.15, 0.2) is 5.75 Å². The van der Waals surface area contributed by atoms with Crippen molar-refractivity contribution >= 4 is 22.9 Å². The van der Waals surface area contributed by atoms with Gasteiger partial charge < -0.3 is 10.7 Å². The van der Waals surface area contributed by atoms with E-state index in [9.17, 15) is 17.7 Å². The first-order valence-corrected chi connectivity index (χ1v) is 11.6. The van der Waals surface area contributed by atoms with Crippen LogP contribution in [0.3, 0.4) is 0 Å². The lowest BCUT2D eigenvalue weighted by Crippen LogP contribution is -2.53. The Hall–Kier alpha value is -1.52. The molecule has 166 valence electrons. The minimum atomic E-state index is -4.38. The number of alkyl halides is 3. The van der Waals surface area contributed by atoms with Crippen molar-refractivity contribution < 1.29 is 17.7 Å². The van der Waals surface area contributed by atoms with Crippen molar-refractivity contribution in [1.82, 2.24) is 9.29 Å². The minimum Gasteiger partial charge on any atom is -0.354 e. The Morgan fingerprint density at radius 2 is 1.97 bits per heavy atom. The Balaban J connectivity index is 1.39. The number of aromatic nitrogens is 1. The van der Waals surface area contributed by atoms with Gasteiger partial charge in [0.2, 0.25) is 11.4 Å². The molecular formula is C20H29F3N5OS+. The number of piperazine rings is 1. The van der Waals surface area contributed by atoms with Crippen molar-refractivity contribution in [3.8, 4) is 0 Å². The van der Waals surface area contributed by atoms with E-state index in [2.05, 4.69) is 28.2 Å². The lowest BCUT2D eigenvalue weighted by Gasteiger charge is -2.38. The van der Waals surface area contributed by atoms with Crippen LogP contribution in [0.2, 0.25) is 0 Å². The molecule has 1 saturated heterocycles. The molecule has 0 radical (unpaired) electrons. The molecule has 1 aromatic heterocycles. The third-order valence-electron chi connectivity index (χ3n) is 7.63. The van der Waals surface area contributed by atoms with Crippen molar-refractivity contribution in [3.05, 3.63) is 23.9 Å². The van der Waals surface area contributed by atoms with Gasteiger partial charge in [0, 0.05) is 25.0 Å². The van der Waals surface area contributed by atoms with Gasteiger partial charge in [0.1, 0.15) is 5.82 Å². The predicted molar refractivity (Wildman–Crippen MR) is 113 cm³/mol. The summed E-state index contributed by atoms with van der Waals surface area (Å²) in [6, 6.07) is 2.48. The highest BCUT2D eigenvalue weighted by Gasteiger charge is 2.66. The van der Waals surface area contributed by atoms with E-state index in [0.29, 0.717) is 43.7 Å². The quantitative estimate of drug-likeness (QED) is 0.423. The smallest absolute Gasteiger partial charge is 0.354 e. The van der Waals surface area contributed by atoms with Crippen LogP contribution in [0.15, 0.2) is 23.4 Å². The van der Waals surface area contributed by atoms with Gasteiger partial charge in [-0.05, 0) is 42.7 Å².